The largest absolute Gasteiger partial charge is 0.493 e. The number of ether oxygens (including phenoxy) is 1. The monoisotopic (exact) mass is 277 g/mol. The minimum atomic E-state index is -0.0395. The van der Waals surface area contributed by atoms with Gasteiger partial charge in [-0.25, -0.2) is 4.79 Å². The normalized spacial score (nSPS) is 15.2. The van der Waals surface area contributed by atoms with Crippen LogP contribution in [-0.2, 0) is 0 Å². The summed E-state index contributed by atoms with van der Waals surface area (Å²) < 4.78 is 5.61. The number of rotatable bonds is 4. The van der Waals surface area contributed by atoms with Gasteiger partial charge in [0, 0.05) is 31.9 Å². The second kappa shape index (κ2) is 7.14. The fourth-order valence-corrected chi connectivity index (χ4v) is 1.97. The van der Waals surface area contributed by atoms with Crippen molar-refractivity contribution < 1.29 is 9.53 Å². The molecule has 0 aliphatic carbocycles. The molecule has 1 aliphatic heterocycles. The van der Waals surface area contributed by atoms with Crippen LogP contribution in [0.5, 0.6) is 5.75 Å². The maximum absolute atomic E-state index is 12.0. The standard InChI is InChI=1S/C15H23N3O2/c1-12(2)11-20-14-5-3-13(4-6-14)17-15(19)18-9-7-16-8-10-18/h3-6,12,16H,7-11H2,1-2H3,(H,17,19). The van der Waals surface area contributed by atoms with Gasteiger partial charge in [-0.2, -0.15) is 0 Å². The van der Waals surface area contributed by atoms with E-state index in [-0.39, 0.29) is 6.03 Å². The van der Waals surface area contributed by atoms with Crippen molar-refractivity contribution in [2.45, 2.75) is 13.8 Å². The molecule has 5 heteroatoms. The summed E-state index contributed by atoms with van der Waals surface area (Å²) in [7, 11) is 0. The highest BCUT2D eigenvalue weighted by Crippen LogP contribution is 2.16. The summed E-state index contributed by atoms with van der Waals surface area (Å²) in [6.07, 6.45) is 0. The second-order valence-corrected chi connectivity index (χ2v) is 5.40. The van der Waals surface area contributed by atoms with E-state index in [1.165, 1.54) is 0 Å². The Balaban J connectivity index is 1.84. The van der Waals surface area contributed by atoms with Crippen molar-refractivity contribution in [1.29, 1.82) is 0 Å². The van der Waals surface area contributed by atoms with Crippen LogP contribution in [0.25, 0.3) is 0 Å². The number of urea groups is 1. The molecule has 0 unspecified atom stereocenters. The van der Waals surface area contributed by atoms with E-state index in [9.17, 15) is 4.79 Å². The number of carbonyl (C=O) groups is 1. The Morgan fingerprint density at radius 1 is 1.30 bits per heavy atom. The molecule has 0 aromatic heterocycles. The zero-order chi connectivity index (χ0) is 14.4. The minimum absolute atomic E-state index is 0.0395. The summed E-state index contributed by atoms with van der Waals surface area (Å²) in [5, 5.41) is 6.13. The Bertz CT molecular complexity index is 425. The van der Waals surface area contributed by atoms with Gasteiger partial charge in [0.15, 0.2) is 0 Å². The maximum Gasteiger partial charge on any atom is 0.321 e. The molecular weight excluding hydrogens is 254 g/mol. The van der Waals surface area contributed by atoms with E-state index >= 15 is 0 Å². The summed E-state index contributed by atoms with van der Waals surface area (Å²) in [6.45, 7) is 8.14. The van der Waals surface area contributed by atoms with Gasteiger partial charge in [0.1, 0.15) is 5.75 Å². The van der Waals surface area contributed by atoms with E-state index in [4.69, 9.17) is 4.74 Å². The molecule has 0 radical (unpaired) electrons. The molecule has 1 heterocycles. The van der Waals surface area contributed by atoms with Crippen LogP contribution in [0.2, 0.25) is 0 Å². The number of carbonyl (C=O) groups excluding carboxylic acids is 1. The number of benzene rings is 1. The van der Waals surface area contributed by atoms with E-state index in [0.717, 1.165) is 37.6 Å². The number of anilines is 1. The molecule has 110 valence electrons. The van der Waals surface area contributed by atoms with Gasteiger partial charge in [-0.05, 0) is 30.2 Å². The van der Waals surface area contributed by atoms with Gasteiger partial charge >= 0.3 is 6.03 Å². The Morgan fingerprint density at radius 2 is 1.95 bits per heavy atom. The molecule has 1 saturated heterocycles. The highest BCUT2D eigenvalue weighted by atomic mass is 16.5. The van der Waals surface area contributed by atoms with E-state index in [1.807, 2.05) is 29.2 Å². The van der Waals surface area contributed by atoms with Crippen molar-refractivity contribution in [3.63, 3.8) is 0 Å². The number of nitrogens with one attached hydrogen (secondary N) is 2. The third kappa shape index (κ3) is 4.42. The van der Waals surface area contributed by atoms with Crippen LogP contribution in [0.1, 0.15) is 13.8 Å². The quantitative estimate of drug-likeness (QED) is 0.886. The summed E-state index contributed by atoms with van der Waals surface area (Å²) in [6, 6.07) is 7.47. The van der Waals surface area contributed by atoms with Gasteiger partial charge in [0.25, 0.3) is 0 Å². The van der Waals surface area contributed by atoms with Crippen molar-refractivity contribution in [1.82, 2.24) is 10.2 Å². The fraction of sp³-hybridized carbons (Fsp3) is 0.533. The lowest BCUT2D eigenvalue weighted by Crippen LogP contribution is -2.48. The molecule has 2 amide bonds. The lowest BCUT2D eigenvalue weighted by Gasteiger charge is -2.27. The molecule has 20 heavy (non-hydrogen) atoms. The van der Waals surface area contributed by atoms with Gasteiger partial charge in [-0.3, -0.25) is 0 Å². The van der Waals surface area contributed by atoms with Crippen molar-refractivity contribution in [2.24, 2.45) is 5.92 Å². The average Bonchev–Trinajstić information content (AvgIpc) is 2.47. The number of hydrogen-bond donors (Lipinski definition) is 2. The molecule has 1 aromatic rings. The zero-order valence-electron chi connectivity index (χ0n) is 12.2. The first-order valence-electron chi connectivity index (χ1n) is 7.14. The van der Waals surface area contributed by atoms with E-state index in [2.05, 4.69) is 24.5 Å². The second-order valence-electron chi connectivity index (χ2n) is 5.40. The molecule has 1 aliphatic rings. The lowest BCUT2D eigenvalue weighted by atomic mass is 10.2. The molecule has 1 fully saturated rings. The first kappa shape index (κ1) is 14.7. The van der Waals surface area contributed by atoms with E-state index < -0.39 is 0 Å². The average molecular weight is 277 g/mol. The van der Waals surface area contributed by atoms with Crippen LogP contribution in [0.15, 0.2) is 24.3 Å². The van der Waals surface area contributed by atoms with Crippen LogP contribution in [-0.4, -0.2) is 43.7 Å². The van der Waals surface area contributed by atoms with Gasteiger partial charge < -0.3 is 20.3 Å². The van der Waals surface area contributed by atoms with Crippen molar-refractivity contribution in [3.05, 3.63) is 24.3 Å². The number of piperazine rings is 1. The Labute approximate surface area is 120 Å². The zero-order valence-corrected chi connectivity index (χ0v) is 12.2. The molecule has 5 nitrogen and oxygen atoms in total. The van der Waals surface area contributed by atoms with Crippen molar-refractivity contribution in [3.8, 4) is 5.75 Å². The highest BCUT2D eigenvalue weighted by molar-refractivity contribution is 5.89. The third-order valence-corrected chi connectivity index (χ3v) is 3.09. The molecule has 2 rings (SSSR count). The van der Waals surface area contributed by atoms with Crippen LogP contribution in [0.4, 0.5) is 10.5 Å². The minimum Gasteiger partial charge on any atom is -0.493 e. The number of nitrogens with zero attached hydrogens (tertiary/aromatic N) is 1. The Hall–Kier alpha value is -1.75. The Morgan fingerprint density at radius 3 is 2.55 bits per heavy atom. The predicted molar refractivity (Wildman–Crippen MR) is 80.2 cm³/mol. The Kier molecular flexibility index (Phi) is 5.24. The van der Waals surface area contributed by atoms with E-state index in [0.29, 0.717) is 12.5 Å². The molecule has 1 aromatic carbocycles. The predicted octanol–water partition coefficient (Wildman–Crippen LogP) is 2.16. The molecular formula is C15H23N3O2. The summed E-state index contributed by atoms with van der Waals surface area (Å²) >= 11 is 0. The SMILES string of the molecule is CC(C)COc1ccc(NC(=O)N2CCNCC2)cc1. The van der Waals surface area contributed by atoms with Crippen LogP contribution >= 0.6 is 0 Å². The molecule has 0 atom stereocenters. The molecule has 0 saturated carbocycles. The summed E-state index contributed by atoms with van der Waals surface area (Å²) in [5.74, 6) is 1.33. The van der Waals surface area contributed by atoms with Gasteiger partial charge in [-0.1, -0.05) is 13.8 Å². The summed E-state index contributed by atoms with van der Waals surface area (Å²) in [5.41, 5.74) is 0.797. The topological polar surface area (TPSA) is 53.6 Å². The van der Waals surface area contributed by atoms with Crippen molar-refractivity contribution >= 4 is 11.7 Å². The lowest BCUT2D eigenvalue weighted by molar-refractivity contribution is 0.204. The number of amides is 2. The van der Waals surface area contributed by atoms with Crippen LogP contribution < -0.4 is 15.4 Å². The van der Waals surface area contributed by atoms with Crippen LogP contribution in [0, 0.1) is 5.92 Å². The molecule has 2 N–H and O–H groups in total. The smallest absolute Gasteiger partial charge is 0.321 e. The molecule has 0 bridgehead atoms. The molecule has 0 spiro atoms. The fourth-order valence-electron chi connectivity index (χ4n) is 1.97. The van der Waals surface area contributed by atoms with Crippen LogP contribution in [0.3, 0.4) is 0 Å². The number of hydrogen-bond acceptors (Lipinski definition) is 3. The van der Waals surface area contributed by atoms with Crippen molar-refractivity contribution in [2.75, 3.05) is 38.1 Å². The van der Waals surface area contributed by atoms with Gasteiger partial charge in [0.05, 0.1) is 6.61 Å². The first-order chi connectivity index (χ1) is 9.65. The summed E-state index contributed by atoms with van der Waals surface area (Å²) in [4.78, 5) is 13.8. The van der Waals surface area contributed by atoms with Gasteiger partial charge in [-0.15, -0.1) is 0 Å². The first-order valence-corrected chi connectivity index (χ1v) is 7.14. The van der Waals surface area contributed by atoms with Gasteiger partial charge in [0.2, 0.25) is 0 Å². The van der Waals surface area contributed by atoms with E-state index in [1.54, 1.807) is 0 Å². The third-order valence-electron chi connectivity index (χ3n) is 3.09. The maximum atomic E-state index is 12.0. The highest BCUT2D eigenvalue weighted by Gasteiger charge is 2.15.